The van der Waals surface area contributed by atoms with Gasteiger partial charge in [-0.1, -0.05) is 0 Å². The molecule has 2 rings (SSSR count). The van der Waals surface area contributed by atoms with Gasteiger partial charge in [0.05, 0.1) is 17.6 Å². The summed E-state index contributed by atoms with van der Waals surface area (Å²) in [5, 5.41) is 12.1. The molecule has 6 nitrogen and oxygen atoms in total. The third kappa shape index (κ3) is 4.09. The number of likely N-dealkylation sites (tertiary alicyclic amines) is 1. The number of amides is 2. The first-order valence-corrected chi connectivity index (χ1v) is 7.82. The maximum Gasteiger partial charge on any atom is 0.317 e. The Morgan fingerprint density at radius 2 is 2.00 bits per heavy atom. The molecule has 2 saturated heterocycles. The second-order valence-corrected chi connectivity index (χ2v) is 6.54. The molecular weight excluding hydrogens is 272 g/mol. The van der Waals surface area contributed by atoms with Crippen LogP contribution in [0.3, 0.4) is 0 Å². The molecule has 120 valence electrons. The van der Waals surface area contributed by atoms with Crippen LogP contribution in [0.4, 0.5) is 4.79 Å². The number of urea groups is 1. The maximum absolute atomic E-state index is 12.1. The van der Waals surface area contributed by atoms with E-state index in [2.05, 4.69) is 12.2 Å². The summed E-state index contributed by atoms with van der Waals surface area (Å²) in [5.74, 6) is -0.771. The number of rotatable bonds is 3. The van der Waals surface area contributed by atoms with Gasteiger partial charge >= 0.3 is 12.0 Å². The van der Waals surface area contributed by atoms with Crippen LogP contribution >= 0.6 is 0 Å². The van der Waals surface area contributed by atoms with E-state index in [0.29, 0.717) is 32.5 Å². The molecule has 0 aromatic heterocycles. The van der Waals surface area contributed by atoms with E-state index in [0.717, 1.165) is 19.3 Å². The van der Waals surface area contributed by atoms with Crippen molar-refractivity contribution in [2.24, 2.45) is 5.41 Å². The number of nitrogens with zero attached hydrogens (tertiary/aromatic N) is 1. The summed E-state index contributed by atoms with van der Waals surface area (Å²) in [4.78, 5) is 25.0. The van der Waals surface area contributed by atoms with Gasteiger partial charge in [0.2, 0.25) is 0 Å². The van der Waals surface area contributed by atoms with Crippen molar-refractivity contribution in [3.05, 3.63) is 0 Å². The second-order valence-electron chi connectivity index (χ2n) is 6.54. The van der Waals surface area contributed by atoms with Gasteiger partial charge in [-0.25, -0.2) is 4.79 Å². The Balaban J connectivity index is 1.73. The minimum absolute atomic E-state index is 0.103. The van der Waals surface area contributed by atoms with Crippen LogP contribution in [0.25, 0.3) is 0 Å². The molecule has 0 bridgehead atoms. The average Bonchev–Trinajstić information content (AvgIpc) is 2.45. The highest BCUT2D eigenvalue weighted by molar-refractivity contribution is 5.77. The zero-order valence-corrected chi connectivity index (χ0v) is 12.9. The van der Waals surface area contributed by atoms with Gasteiger partial charge in [-0.15, -0.1) is 0 Å². The number of piperidine rings is 1. The molecule has 6 heteroatoms. The van der Waals surface area contributed by atoms with Gasteiger partial charge in [-0.3, -0.25) is 4.79 Å². The molecule has 2 amide bonds. The van der Waals surface area contributed by atoms with E-state index in [1.165, 1.54) is 0 Å². The van der Waals surface area contributed by atoms with Crippen LogP contribution in [0, 0.1) is 5.41 Å². The van der Waals surface area contributed by atoms with Crippen LogP contribution in [0.15, 0.2) is 0 Å². The Bertz CT molecular complexity index is 391. The average molecular weight is 298 g/mol. The molecule has 2 unspecified atom stereocenters. The lowest BCUT2D eigenvalue weighted by Gasteiger charge is -2.36. The van der Waals surface area contributed by atoms with Crippen LogP contribution in [0.5, 0.6) is 0 Å². The number of aliphatic carboxylic acids is 1. The summed E-state index contributed by atoms with van der Waals surface area (Å²) in [5.41, 5.74) is -0.696. The molecule has 0 aromatic rings. The van der Waals surface area contributed by atoms with Crippen LogP contribution in [0.1, 0.15) is 46.0 Å². The molecule has 0 spiro atoms. The third-order valence-corrected chi connectivity index (χ3v) is 4.71. The maximum atomic E-state index is 12.1. The van der Waals surface area contributed by atoms with Crippen molar-refractivity contribution < 1.29 is 19.4 Å². The number of nitrogens with one attached hydrogen (secondary N) is 1. The zero-order chi connectivity index (χ0) is 15.5. The number of carboxylic acid groups (broad SMARTS) is 1. The van der Waals surface area contributed by atoms with Crippen LogP contribution in [-0.4, -0.2) is 53.8 Å². The zero-order valence-electron chi connectivity index (χ0n) is 12.9. The third-order valence-electron chi connectivity index (χ3n) is 4.71. The first-order valence-electron chi connectivity index (χ1n) is 7.82. The summed E-state index contributed by atoms with van der Waals surface area (Å²) >= 11 is 0. The highest BCUT2D eigenvalue weighted by atomic mass is 16.5. The Labute approximate surface area is 125 Å². The fourth-order valence-corrected chi connectivity index (χ4v) is 2.98. The monoisotopic (exact) mass is 298 g/mol. The van der Waals surface area contributed by atoms with Crippen molar-refractivity contribution in [1.82, 2.24) is 10.2 Å². The smallest absolute Gasteiger partial charge is 0.317 e. The summed E-state index contributed by atoms with van der Waals surface area (Å²) in [7, 11) is 0. The summed E-state index contributed by atoms with van der Waals surface area (Å²) < 4.78 is 5.78. The van der Waals surface area contributed by atoms with Gasteiger partial charge in [-0.2, -0.15) is 0 Å². The van der Waals surface area contributed by atoms with Crippen molar-refractivity contribution >= 4 is 12.0 Å². The van der Waals surface area contributed by atoms with Crippen molar-refractivity contribution in [3.63, 3.8) is 0 Å². The van der Waals surface area contributed by atoms with E-state index in [1.807, 2.05) is 0 Å². The number of carbonyl (C=O) groups is 2. The minimum atomic E-state index is -0.771. The first kappa shape index (κ1) is 16.1. The second kappa shape index (κ2) is 6.64. The summed E-state index contributed by atoms with van der Waals surface area (Å²) in [6.07, 6.45) is 4.60. The lowest BCUT2D eigenvalue weighted by Crippen LogP contribution is -2.50. The van der Waals surface area contributed by atoms with E-state index >= 15 is 0 Å². The lowest BCUT2D eigenvalue weighted by atomic mass is 9.80. The number of ether oxygens (including phenoxy) is 1. The molecule has 2 aliphatic rings. The van der Waals surface area contributed by atoms with Crippen LogP contribution in [-0.2, 0) is 9.53 Å². The topological polar surface area (TPSA) is 78.9 Å². The van der Waals surface area contributed by atoms with Gasteiger partial charge in [0.15, 0.2) is 0 Å². The number of hydrogen-bond acceptors (Lipinski definition) is 3. The number of carboxylic acids is 1. The van der Waals surface area contributed by atoms with Crippen molar-refractivity contribution in [1.29, 1.82) is 0 Å². The van der Waals surface area contributed by atoms with Crippen LogP contribution in [0.2, 0.25) is 0 Å². The first-order chi connectivity index (χ1) is 9.90. The number of carbonyl (C=O) groups excluding carboxylic acids is 1. The summed E-state index contributed by atoms with van der Waals surface area (Å²) in [6, 6.07) is -0.107. The normalized spacial score (nSPS) is 29.0. The van der Waals surface area contributed by atoms with E-state index in [9.17, 15) is 14.7 Å². The van der Waals surface area contributed by atoms with E-state index < -0.39 is 11.4 Å². The van der Waals surface area contributed by atoms with Gasteiger partial charge < -0.3 is 20.1 Å². The predicted molar refractivity (Wildman–Crippen MR) is 78.1 cm³/mol. The predicted octanol–water partition coefficient (Wildman–Crippen LogP) is 1.84. The molecule has 0 saturated carbocycles. The highest BCUT2D eigenvalue weighted by Gasteiger charge is 2.38. The fourth-order valence-electron chi connectivity index (χ4n) is 2.98. The van der Waals surface area contributed by atoms with Crippen molar-refractivity contribution in [3.8, 4) is 0 Å². The molecular formula is C15H26N2O4. The molecule has 0 aromatic carbocycles. The molecule has 0 radical (unpaired) electrons. The van der Waals surface area contributed by atoms with Gasteiger partial charge in [0.25, 0.3) is 0 Å². The molecule has 2 aliphatic heterocycles. The Hall–Kier alpha value is -1.30. The van der Waals surface area contributed by atoms with Crippen molar-refractivity contribution in [2.45, 2.75) is 58.2 Å². The molecule has 2 N–H and O–H groups in total. The van der Waals surface area contributed by atoms with Crippen molar-refractivity contribution in [2.75, 3.05) is 19.6 Å². The van der Waals surface area contributed by atoms with Gasteiger partial charge in [-0.05, 0) is 46.0 Å². The van der Waals surface area contributed by atoms with E-state index in [1.54, 1.807) is 11.8 Å². The Kier molecular flexibility index (Phi) is 5.08. The summed E-state index contributed by atoms with van der Waals surface area (Å²) in [6.45, 7) is 5.34. The largest absolute Gasteiger partial charge is 0.481 e. The molecule has 2 fully saturated rings. The number of hydrogen-bond donors (Lipinski definition) is 2. The highest BCUT2D eigenvalue weighted by Crippen LogP contribution is 2.31. The minimum Gasteiger partial charge on any atom is -0.481 e. The molecule has 0 aliphatic carbocycles. The van der Waals surface area contributed by atoms with Gasteiger partial charge in [0, 0.05) is 19.6 Å². The standard InChI is InChI=1S/C15H26N2O4/c1-11-4-3-5-12(21-11)10-16-14(20)17-8-6-15(2,7-9-17)13(18)19/h11-12H,3-10H2,1-2H3,(H,16,20)(H,18,19). The quantitative estimate of drug-likeness (QED) is 0.833. The Morgan fingerprint density at radius 3 is 2.57 bits per heavy atom. The Morgan fingerprint density at radius 1 is 1.33 bits per heavy atom. The van der Waals surface area contributed by atoms with E-state index in [4.69, 9.17) is 4.74 Å². The van der Waals surface area contributed by atoms with Crippen LogP contribution < -0.4 is 5.32 Å². The SMILES string of the molecule is CC1CCCC(CNC(=O)N2CCC(C)(C(=O)O)CC2)O1. The molecule has 21 heavy (non-hydrogen) atoms. The van der Waals surface area contributed by atoms with E-state index in [-0.39, 0.29) is 18.2 Å². The lowest BCUT2D eigenvalue weighted by molar-refractivity contribution is -0.150. The van der Waals surface area contributed by atoms with Gasteiger partial charge in [0.1, 0.15) is 0 Å². The molecule has 2 atom stereocenters. The fraction of sp³-hybridized carbons (Fsp3) is 0.867. The molecule has 2 heterocycles.